The summed E-state index contributed by atoms with van der Waals surface area (Å²) in [5, 5.41) is 11.1. The number of carbonyl (C=O) groups excluding carboxylic acids is 1. The minimum absolute atomic E-state index is 0.0465. The summed E-state index contributed by atoms with van der Waals surface area (Å²) in [6.07, 6.45) is -0.544. The molecule has 0 heterocycles. The molecule has 0 spiro atoms. The fraction of sp³-hybridized carbons (Fsp3) is 0.0909. The summed E-state index contributed by atoms with van der Waals surface area (Å²) < 4.78 is 88.2. The van der Waals surface area contributed by atoms with Gasteiger partial charge in [-0.05, 0) is 48.4 Å². The Hall–Kier alpha value is -3.96. The van der Waals surface area contributed by atoms with Gasteiger partial charge in [0.05, 0.1) is 5.56 Å². The van der Waals surface area contributed by atoms with E-state index in [1.807, 2.05) is 0 Å². The van der Waals surface area contributed by atoms with E-state index in [-0.39, 0.29) is 23.4 Å². The largest absolute Gasteiger partial charge is 0.483 e. The number of carboxylic acids is 1. The van der Waals surface area contributed by atoms with Crippen LogP contribution in [0.2, 0.25) is 0 Å². The van der Waals surface area contributed by atoms with Crippen LogP contribution in [-0.2, 0) is 15.8 Å². The summed E-state index contributed by atoms with van der Waals surface area (Å²) in [5.41, 5.74) is 0.554. The molecule has 36 heavy (non-hydrogen) atoms. The van der Waals surface area contributed by atoms with E-state index in [1.165, 1.54) is 48.5 Å². The van der Waals surface area contributed by atoms with Gasteiger partial charge in [0.25, 0.3) is 0 Å². The number of carbonyl (C=O) groups is 2. The van der Waals surface area contributed by atoms with Gasteiger partial charge in [0.1, 0.15) is 5.75 Å². The predicted octanol–water partition coefficient (Wildman–Crippen LogP) is 5.21. The molecule has 0 aliphatic carbocycles. The number of hydrogen-bond donors (Lipinski definition) is 3. The van der Waals surface area contributed by atoms with Crippen molar-refractivity contribution in [3.8, 4) is 11.5 Å². The first-order chi connectivity index (χ1) is 16.9. The van der Waals surface area contributed by atoms with Crippen molar-refractivity contribution in [2.75, 3.05) is 5.09 Å². The van der Waals surface area contributed by atoms with E-state index >= 15 is 0 Å². The highest BCUT2D eigenvalue weighted by molar-refractivity contribution is 7.54. The zero-order valence-corrected chi connectivity index (χ0v) is 18.7. The van der Waals surface area contributed by atoms with Gasteiger partial charge >= 0.3 is 19.7 Å². The van der Waals surface area contributed by atoms with Crippen molar-refractivity contribution in [1.82, 2.24) is 0 Å². The van der Waals surface area contributed by atoms with Crippen molar-refractivity contribution in [2.24, 2.45) is 0 Å². The molecule has 1 atom stereocenters. The maximum atomic E-state index is 13.6. The summed E-state index contributed by atoms with van der Waals surface area (Å²) in [5.74, 6) is -15.6. The second-order valence-corrected chi connectivity index (χ2v) is 8.57. The molecule has 0 radical (unpaired) electrons. The number of benzene rings is 3. The fourth-order valence-corrected chi connectivity index (χ4v) is 3.75. The van der Waals surface area contributed by atoms with E-state index in [9.17, 15) is 41.0 Å². The van der Waals surface area contributed by atoms with Crippen LogP contribution in [0, 0.1) is 29.1 Å². The molecule has 0 saturated heterocycles. The molecule has 8 nitrogen and oxygen atoms in total. The van der Waals surface area contributed by atoms with Crippen LogP contribution in [0.5, 0.6) is 11.5 Å². The predicted molar refractivity (Wildman–Crippen MR) is 114 cm³/mol. The van der Waals surface area contributed by atoms with E-state index in [0.717, 1.165) is 0 Å². The second kappa shape index (κ2) is 10.8. The molecule has 3 aromatic carbocycles. The Labute approximate surface area is 199 Å². The summed E-state index contributed by atoms with van der Waals surface area (Å²) >= 11 is 0. The highest BCUT2D eigenvalue weighted by Gasteiger charge is 2.28. The molecule has 14 heteroatoms. The van der Waals surface area contributed by atoms with E-state index in [4.69, 9.17) is 9.63 Å². The van der Waals surface area contributed by atoms with Gasteiger partial charge in [-0.1, -0.05) is 12.1 Å². The average Bonchev–Trinajstić information content (AvgIpc) is 2.83. The van der Waals surface area contributed by atoms with Crippen LogP contribution >= 0.6 is 7.75 Å². The lowest BCUT2D eigenvalue weighted by Crippen LogP contribution is -2.14. The zero-order chi connectivity index (χ0) is 26.6. The first kappa shape index (κ1) is 26.6. The van der Waals surface area contributed by atoms with Crippen molar-refractivity contribution in [3.05, 3.63) is 88.7 Å². The Bertz CT molecular complexity index is 1320. The average molecular weight is 531 g/mol. The van der Waals surface area contributed by atoms with Gasteiger partial charge < -0.3 is 14.4 Å². The van der Waals surface area contributed by atoms with Gasteiger partial charge in [-0.15, -0.1) is 0 Å². The molecule has 0 aromatic heterocycles. The highest BCUT2D eigenvalue weighted by Crippen LogP contribution is 2.42. The molecule has 0 saturated carbocycles. The molecule has 0 amide bonds. The number of esters is 1. The topological polar surface area (TPSA) is 122 Å². The molecule has 190 valence electrons. The lowest BCUT2D eigenvalue weighted by Gasteiger charge is -2.15. The van der Waals surface area contributed by atoms with Crippen LogP contribution in [0.1, 0.15) is 22.3 Å². The van der Waals surface area contributed by atoms with Crippen LogP contribution in [0.25, 0.3) is 0 Å². The Morgan fingerprint density at radius 3 is 1.89 bits per heavy atom. The third kappa shape index (κ3) is 6.37. The van der Waals surface area contributed by atoms with E-state index in [0.29, 0.717) is 5.56 Å². The Kier molecular flexibility index (Phi) is 7.96. The standard InChI is InChI=1S/C22H15F5NO7P/c23-16-17(24)19(26)21(20(27)18(16)25)34-15(29)10-3-11-1-6-13(7-2-11)28-36(32,33)35-14-8-4-12(5-9-14)22(30)31/h1-2,4-9H,3,10H2,(H,30,31)(H2,28,32,33). The van der Waals surface area contributed by atoms with E-state index < -0.39 is 60.9 Å². The quantitative estimate of drug-likeness (QED) is 0.0860. The number of anilines is 1. The maximum Gasteiger partial charge on any atom is 0.483 e. The molecule has 3 aromatic rings. The molecule has 0 aliphatic rings. The number of aryl methyl sites for hydroxylation is 1. The number of halogens is 5. The summed E-state index contributed by atoms with van der Waals surface area (Å²) in [6.45, 7) is 0. The lowest BCUT2D eigenvalue weighted by atomic mass is 10.1. The zero-order valence-electron chi connectivity index (χ0n) is 17.8. The maximum absolute atomic E-state index is 13.6. The third-order valence-electron chi connectivity index (χ3n) is 4.56. The fourth-order valence-electron chi connectivity index (χ4n) is 2.82. The molecule has 0 bridgehead atoms. The molecule has 3 N–H and O–H groups in total. The first-order valence-electron chi connectivity index (χ1n) is 9.83. The number of ether oxygens (including phenoxy) is 1. The van der Waals surface area contributed by atoms with E-state index in [2.05, 4.69) is 9.82 Å². The second-order valence-electron chi connectivity index (χ2n) is 7.12. The molecule has 3 rings (SSSR count). The number of rotatable bonds is 9. The molecule has 0 aliphatic heterocycles. The summed E-state index contributed by atoms with van der Waals surface area (Å²) in [6, 6.07) is 10.3. The molecule has 1 unspecified atom stereocenters. The van der Waals surface area contributed by atoms with Crippen LogP contribution < -0.4 is 14.3 Å². The highest BCUT2D eigenvalue weighted by atomic mass is 31.2. The minimum atomic E-state index is -4.41. The number of hydrogen-bond acceptors (Lipinski definition) is 5. The number of aromatic carboxylic acids is 1. The van der Waals surface area contributed by atoms with Gasteiger partial charge in [-0.25, -0.2) is 22.5 Å². The Balaban J connectivity index is 1.57. The van der Waals surface area contributed by atoms with Gasteiger partial charge in [0.2, 0.25) is 34.8 Å². The Morgan fingerprint density at radius 2 is 1.36 bits per heavy atom. The van der Waals surface area contributed by atoms with Crippen molar-refractivity contribution < 1.29 is 55.4 Å². The normalized spacial score (nSPS) is 12.5. The summed E-state index contributed by atoms with van der Waals surface area (Å²) in [7, 11) is -4.41. The van der Waals surface area contributed by atoms with Crippen molar-refractivity contribution >= 4 is 25.4 Å². The van der Waals surface area contributed by atoms with Gasteiger partial charge in [0.15, 0.2) is 0 Å². The van der Waals surface area contributed by atoms with E-state index in [1.54, 1.807) is 0 Å². The minimum Gasteiger partial charge on any atom is -0.478 e. The first-order valence-corrected chi connectivity index (χ1v) is 11.4. The third-order valence-corrected chi connectivity index (χ3v) is 5.56. The SMILES string of the molecule is O=C(CCc1ccc(NP(=O)(O)Oc2ccc(C(=O)O)cc2)cc1)Oc1c(F)c(F)c(F)c(F)c1F. The Morgan fingerprint density at radius 1 is 0.833 bits per heavy atom. The van der Waals surface area contributed by atoms with Crippen LogP contribution in [0.3, 0.4) is 0 Å². The van der Waals surface area contributed by atoms with Crippen molar-refractivity contribution in [1.29, 1.82) is 0 Å². The monoisotopic (exact) mass is 531 g/mol. The molecular formula is C22H15F5NO7P. The van der Waals surface area contributed by atoms with Gasteiger partial charge in [0, 0.05) is 12.1 Å². The van der Waals surface area contributed by atoms with Crippen LogP contribution in [0.4, 0.5) is 27.6 Å². The lowest BCUT2D eigenvalue weighted by molar-refractivity contribution is -0.134. The van der Waals surface area contributed by atoms with Crippen LogP contribution in [0.15, 0.2) is 48.5 Å². The number of nitrogens with one attached hydrogen (secondary N) is 1. The van der Waals surface area contributed by atoms with Crippen molar-refractivity contribution in [3.63, 3.8) is 0 Å². The molecular weight excluding hydrogens is 516 g/mol. The summed E-state index contributed by atoms with van der Waals surface area (Å²) in [4.78, 5) is 32.7. The van der Waals surface area contributed by atoms with Crippen LogP contribution in [-0.4, -0.2) is 21.9 Å². The number of carboxylic acid groups (broad SMARTS) is 1. The smallest absolute Gasteiger partial charge is 0.478 e. The van der Waals surface area contributed by atoms with Gasteiger partial charge in [-0.2, -0.15) is 8.78 Å². The molecule has 0 fully saturated rings. The van der Waals surface area contributed by atoms with Crippen molar-refractivity contribution in [2.45, 2.75) is 12.8 Å². The van der Waals surface area contributed by atoms with Gasteiger partial charge in [-0.3, -0.25) is 14.8 Å².